The molecule has 258 valence electrons. The number of nitrogens with zero attached hydrogens (tertiary/aromatic N) is 6. The topological polar surface area (TPSA) is 108 Å². The van der Waals surface area contributed by atoms with E-state index in [1.54, 1.807) is 19.4 Å². The zero-order chi connectivity index (χ0) is 35.3. The first-order valence-corrected chi connectivity index (χ1v) is 17.5. The summed E-state index contributed by atoms with van der Waals surface area (Å²) in [4.78, 5) is 33.5. The van der Waals surface area contributed by atoms with Crippen LogP contribution in [0.1, 0.15) is 105 Å². The van der Waals surface area contributed by atoms with Crippen molar-refractivity contribution in [2.24, 2.45) is 18.4 Å². The number of rotatable bonds is 13. The lowest BCUT2D eigenvalue weighted by atomic mass is 9.72. The fraction of sp³-hybridized carbons (Fsp3) is 0.487. The van der Waals surface area contributed by atoms with Gasteiger partial charge >= 0.3 is 0 Å². The normalized spacial score (nSPS) is 12.7. The summed E-state index contributed by atoms with van der Waals surface area (Å²) in [7, 11) is 1.97. The SMILES string of the molecule is CC.CCCCC(CC)(CCC(C)CC)C(C)=O.Cc1ncc2ncnc(Nc3ccc(Oc4ccc5c(c4)ncn5C)c(C)c3)c2n1. The molecule has 2 unspecified atom stereocenters. The average molecular weight is 654 g/mol. The summed E-state index contributed by atoms with van der Waals surface area (Å²) in [5.41, 5.74) is 5.21. The van der Waals surface area contributed by atoms with Gasteiger partial charge < -0.3 is 14.6 Å². The van der Waals surface area contributed by atoms with Crippen LogP contribution < -0.4 is 10.1 Å². The van der Waals surface area contributed by atoms with Gasteiger partial charge in [0.1, 0.15) is 40.5 Å². The van der Waals surface area contributed by atoms with Crippen molar-refractivity contribution in [1.82, 2.24) is 29.5 Å². The van der Waals surface area contributed by atoms with Crippen molar-refractivity contribution in [3.8, 4) is 11.5 Å². The lowest BCUT2D eigenvalue weighted by Crippen LogP contribution is -2.29. The molecule has 0 saturated carbocycles. The standard InChI is InChI=1S/C22H19N7O.C15H30O.C2H6/c1-13-8-15(28-22-21-18(24-11-25-22)10-23-14(2)27-21)4-7-20(13)30-16-5-6-19-17(9-16)26-12-29(19)3;1-6-9-11-15(8-3,14(5)16)12-10-13(4)7-2;1-2/h4-12H,1-3H3,(H,24,25,28);13H,6-12H2,1-5H3;1-2H3. The molecule has 0 saturated heterocycles. The van der Waals surface area contributed by atoms with Crippen LogP contribution in [0.15, 0.2) is 55.2 Å². The Hall–Kier alpha value is -4.40. The Balaban J connectivity index is 0.000000297. The highest BCUT2D eigenvalue weighted by atomic mass is 16.5. The van der Waals surface area contributed by atoms with E-state index in [-0.39, 0.29) is 5.41 Å². The molecule has 0 bridgehead atoms. The molecule has 0 aliphatic rings. The second-order valence-corrected chi connectivity index (χ2v) is 12.4. The minimum Gasteiger partial charge on any atom is -0.457 e. The van der Waals surface area contributed by atoms with Crippen LogP contribution in [0.3, 0.4) is 0 Å². The molecule has 0 spiro atoms. The summed E-state index contributed by atoms with van der Waals surface area (Å²) < 4.78 is 8.07. The molecule has 0 aliphatic heterocycles. The maximum absolute atomic E-state index is 11.9. The van der Waals surface area contributed by atoms with Crippen molar-refractivity contribution in [2.45, 2.75) is 107 Å². The van der Waals surface area contributed by atoms with Gasteiger partial charge in [-0.15, -0.1) is 0 Å². The predicted octanol–water partition coefficient (Wildman–Crippen LogP) is 10.5. The summed E-state index contributed by atoms with van der Waals surface area (Å²) in [5, 5.41) is 3.32. The third-order valence-corrected chi connectivity index (χ3v) is 9.11. The molecule has 5 rings (SSSR count). The Morgan fingerprint density at radius 1 is 0.979 bits per heavy atom. The Morgan fingerprint density at radius 3 is 2.42 bits per heavy atom. The van der Waals surface area contributed by atoms with Crippen molar-refractivity contribution in [1.29, 1.82) is 0 Å². The monoisotopic (exact) mass is 653 g/mol. The number of fused-ring (bicyclic) bond motifs is 2. The molecule has 5 aromatic rings. The molecule has 3 heterocycles. The summed E-state index contributed by atoms with van der Waals surface area (Å²) in [5.74, 6) is 4.00. The molecule has 48 heavy (non-hydrogen) atoms. The van der Waals surface area contributed by atoms with E-state index in [0.717, 1.165) is 59.0 Å². The van der Waals surface area contributed by atoms with Crippen LogP contribution in [0.5, 0.6) is 11.5 Å². The van der Waals surface area contributed by atoms with E-state index in [4.69, 9.17) is 4.74 Å². The first-order chi connectivity index (χ1) is 23.1. The highest BCUT2D eigenvalue weighted by molar-refractivity contribution is 5.86. The largest absolute Gasteiger partial charge is 0.457 e. The van der Waals surface area contributed by atoms with Crippen LogP contribution in [-0.4, -0.2) is 35.3 Å². The van der Waals surface area contributed by atoms with Gasteiger partial charge in [-0.1, -0.05) is 60.8 Å². The number of Topliss-reactive ketones (excluding diaryl/α,β-unsaturated/α-hetero) is 1. The lowest BCUT2D eigenvalue weighted by molar-refractivity contribution is -0.128. The summed E-state index contributed by atoms with van der Waals surface area (Å²) in [6.07, 6.45) is 13.0. The molecule has 0 fully saturated rings. The van der Waals surface area contributed by atoms with Crippen LogP contribution in [0, 0.1) is 25.2 Å². The number of aryl methyl sites for hydroxylation is 3. The third kappa shape index (κ3) is 9.81. The van der Waals surface area contributed by atoms with Gasteiger partial charge in [0.25, 0.3) is 0 Å². The van der Waals surface area contributed by atoms with E-state index in [2.05, 4.69) is 57.9 Å². The lowest BCUT2D eigenvalue weighted by Gasteiger charge is -2.31. The van der Waals surface area contributed by atoms with Gasteiger partial charge in [-0.2, -0.15) is 0 Å². The number of ether oxygens (including phenoxy) is 1. The number of benzene rings is 2. The van der Waals surface area contributed by atoms with E-state index in [9.17, 15) is 4.79 Å². The minimum atomic E-state index is -0.0144. The quantitative estimate of drug-likeness (QED) is 0.134. The van der Waals surface area contributed by atoms with E-state index >= 15 is 0 Å². The smallest absolute Gasteiger partial charge is 0.160 e. The number of anilines is 2. The van der Waals surface area contributed by atoms with Crippen LogP contribution in [0.2, 0.25) is 0 Å². The van der Waals surface area contributed by atoms with Crippen molar-refractivity contribution in [3.05, 3.63) is 66.6 Å². The highest BCUT2D eigenvalue weighted by Gasteiger charge is 2.32. The Labute approximate surface area is 287 Å². The number of hydrogen-bond donors (Lipinski definition) is 1. The number of hydrogen-bond acceptors (Lipinski definition) is 8. The first kappa shape index (κ1) is 38.1. The van der Waals surface area contributed by atoms with Gasteiger partial charge in [-0.25, -0.2) is 24.9 Å². The van der Waals surface area contributed by atoms with Crippen LogP contribution in [0.4, 0.5) is 11.5 Å². The van der Waals surface area contributed by atoms with Gasteiger partial charge in [-0.05, 0) is 88.3 Å². The van der Waals surface area contributed by atoms with Crippen LogP contribution in [-0.2, 0) is 11.8 Å². The summed E-state index contributed by atoms with van der Waals surface area (Å²) in [6.45, 7) is 18.5. The number of unbranched alkanes of at least 4 members (excludes halogenated alkanes) is 1. The highest BCUT2D eigenvalue weighted by Crippen LogP contribution is 2.37. The Bertz CT molecular complexity index is 1770. The maximum Gasteiger partial charge on any atom is 0.160 e. The van der Waals surface area contributed by atoms with Gasteiger partial charge in [0.2, 0.25) is 0 Å². The molecule has 0 aliphatic carbocycles. The average Bonchev–Trinajstić information content (AvgIpc) is 3.47. The summed E-state index contributed by atoms with van der Waals surface area (Å²) in [6, 6.07) is 11.8. The molecule has 1 N–H and O–H groups in total. The van der Waals surface area contributed by atoms with Gasteiger partial charge in [0.15, 0.2) is 5.82 Å². The van der Waals surface area contributed by atoms with Crippen LogP contribution in [0.25, 0.3) is 22.1 Å². The third-order valence-electron chi connectivity index (χ3n) is 9.11. The maximum atomic E-state index is 11.9. The van der Waals surface area contributed by atoms with Crippen molar-refractivity contribution in [2.75, 3.05) is 5.32 Å². The molecule has 3 aromatic heterocycles. The van der Waals surface area contributed by atoms with E-state index in [1.807, 2.05) is 75.7 Å². The van der Waals surface area contributed by atoms with Crippen LogP contribution >= 0.6 is 0 Å². The zero-order valence-corrected chi connectivity index (χ0v) is 30.7. The molecule has 0 amide bonds. The summed E-state index contributed by atoms with van der Waals surface area (Å²) >= 11 is 0. The first-order valence-electron chi connectivity index (χ1n) is 17.5. The van der Waals surface area contributed by atoms with E-state index < -0.39 is 0 Å². The molecule has 0 radical (unpaired) electrons. The molecule has 2 aromatic carbocycles. The molecular formula is C39H55N7O2. The van der Waals surface area contributed by atoms with Gasteiger partial charge in [0.05, 0.1) is 23.6 Å². The number of nitrogens with one attached hydrogen (secondary N) is 1. The van der Waals surface area contributed by atoms with Gasteiger partial charge in [0, 0.05) is 24.2 Å². The molecule has 2 atom stereocenters. The number of aromatic nitrogens is 6. The fourth-order valence-corrected chi connectivity index (χ4v) is 5.64. The number of carbonyl (C=O) groups is 1. The van der Waals surface area contributed by atoms with E-state index in [0.29, 0.717) is 28.5 Å². The Kier molecular flexibility index (Phi) is 14.4. The number of imidazole rings is 1. The second kappa shape index (κ2) is 18.2. The molecule has 9 nitrogen and oxygen atoms in total. The Morgan fingerprint density at radius 2 is 1.75 bits per heavy atom. The second-order valence-electron chi connectivity index (χ2n) is 12.4. The van der Waals surface area contributed by atoms with Crippen molar-refractivity contribution >= 4 is 39.4 Å². The van der Waals surface area contributed by atoms with Crippen molar-refractivity contribution in [3.63, 3.8) is 0 Å². The van der Waals surface area contributed by atoms with Crippen molar-refractivity contribution < 1.29 is 9.53 Å². The number of ketones is 1. The van der Waals surface area contributed by atoms with E-state index in [1.165, 1.54) is 32.0 Å². The van der Waals surface area contributed by atoms with Gasteiger partial charge in [-0.3, -0.25) is 4.79 Å². The fourth-order valence-electron chi connectivity index (χ4n) is 5.64. The molecular weight excluding hydrogens is 598 g/mol. The minimum absolute atomic E-state index is 0.0144. The zero-order valence-electron chi connectivity index (χ0n) is 30.7. The predicted molar refractivity (Wildman–Crippen MR) is 198 cm³/mol. The number of carbonyl (C=O) groups excluding carboxylic acids is 1. The molecule has 9 heteroatoms.